The molecule has 1 N–H and O–H groups in total. The zero-order chi connectivity index (χ0) is 30.4. The zero-order valence-electron chi connectivity index (χ0n) is 24.7. The Morgan fingerprint density at radius 3 is 2.30 bits per heavy atom. The van der Waals surface area contributed by atoms with Gasteiger partial charge in [0.2, 0.25) is 28.6 Å². The number of ether oxygens (including phenoxy) is 2. The molecule has 9 nitrogen and oxygen atoms in total. The first-order valence-electron chi connectivity index (χ1n) is 14.7. The van der Waals surface area contributed by atoms with Gasteiger partial charge in [0.15, 0.2) is 11.5 Å². The summed E-state index contributed by atoms with van der Waals surface area (Å²) in [6.45, 7) is 1.69. The van der Waals surface area contributed by atoms with Crippen LogP contribution in [0.1, 0.15) is 48.8 Å². The summed E-state index contributed by atoms with van der Waals surface area (Å²) in [6.07, 6.45) is 6.42. The van der Waals surface area contributed by atoms with Crippen LogP contribution in [0.2, 0.25) is 0 Å². The van der Waals surface area contributed by atoms with Crippen molar-refractivity contribution < 1.29 is 27.5 Å². The summed E-state index contributed by atoms with van der Waals surface area (Å²) in [6, 6.07) is 21.3. The maximum Gasteiger partial charge on any atom is 0.244 e. The molecule has 228 valence electrons. The lowest BCUT2D eigenvalue weighted by Crippen LogP contribution is -2.55. The Bertz CT molecular complexity index is 1520. The van der Waals surface area contributed by atoms with Gasteiger partial charge in [-0.3, -0.25) is 13.9 Å². The van der Waals surface area contributed by atoms with Gasteiger partial charge in [0.05, 0.1) is 11.9 Å². The minimum absolute atomic E-state index is 0.0399. The molecule has 1 aliphatic carbocycles. The van der Waals surface area contributed by atoms with E-state index < -0.39 is 28.5 Å². The van der Waals surface area contributed by atoms with Crippen LogP contribution in [0.15, 0.2) is 72.8 Å². The van der Waals surface area contributed by atoms with Crippen LogP contribution >= 0.6 is 0 Å². The summed E-state index contributed by atoms with van der Waals surface area (Å²) in [5.74, 6) is 0.198. The van der Waals surface area contributed by atoms with Gasteiger partial charge >= 0.3 is 0 Å². The standard InChI is InChI=1S/C33H39N3O6S/c1-24-13-15-26(16-14-24)21-35(29(19-25-9-5-3-6-10-25)33(38)34-27-11-7-4-8-12-27)32(37)22-36(43(2,39)40)28-17-18-30-31(20-28)42-23-41-30/h3,5-6,9-10,13-18,20,27,29H,4,7-8,11-12,19,21-23H2,1-2H3,(H,34,38)/t29-/m0/s1. The number of anilines is 1. The Labute approximate surface area is 253 Å². The monoisotopic (exact) mass is 605 g/mol. The number of hydrogen-bond acceptors (Lipinski definition) is 6. The fraction of sp³-hybridized carbons (Fsp3) is 0.394. The molecule has 0 unspecified atom stereocenters. The van der Waals surface area contributed by atoms with Gasteiger partial charge in [0, 0.05) is 25.1 Å². The average molecular weight is 606 g/mol. The second-order valence-corrected chi connectivity index (χ2v) is 13.3. The summed E-state index contributed by atoms with van der Waals surface area (Å²) in [5.41, 5.74) is 3.10. The molecule has 2 aliphatic rings. The SMILES string of the molecule is Cc1ccc(CN(C(=O)CN(c2ccc3c(c2)OCO3)S(C)(=O)=O)[C@@H](Cc2ccccc2)C(=O)NC2CCCCC2)cc1. The van der Waals surface area contributed by atoms with Crippen molar-refractivity contribution in [3.05, 3.63) is 89.5 Å². The van der Waals surface area contributed by atoms with Gasteiger partial charge in [0.25, 0.3) is 0 Å². The summed E-state index contributed by atoms with van der Waals surface area (Å²) < 4.78 is 38.0. The van der Waals surface area contributed by atoms with Crippen LogP contribution in [0.4, 0.5) is 5.69 Å². The van der Waals surface area contributed by atoms with Crippen molar-refractivity contribution in [3.63, 3.8) is 0 Å². The molecular weight excluding hydrogens is 566 g/mol. The Morgan fingerprint density at radius 2 is 1.60 bits per heavy atom. The fourth-order valence-electron chi connectivity index (χ4n) is 5.64. The van der Waals surface area contributed by atoms with Crippen molar-refractivity contribution >= 4 is 27.5 Å². The number of rotatable bonds is 11. The lowest BCUT2D eigenvalue weighted by Gasteiger charge is -2.35. The highest BCUT2D eigenvalue weighted by molar-refractivity contribution is 7.92. The fourth-order valence-corrected chi connectivity index (χ4v) is 6.48. The summed E-state index contributed by atoms with van der Waals surface area (Å²) in [4.78, 5) is 29.8. The van der Waals surface area contributed by atoms with E-state index in [-0.39, 0.29) is 31.0 Å². The topological polar surface area (TPSA) is 105 Å². The van der Waals surface area contributed by atoms with E-state index in [4.69, 9.17) is 9.47 Å². The number of hydrogen-bond donors (Lipinski definition) is 1. The predicted octanol–water partition coefficient (Wildman–Crippen LogP) is 4.58. The number of amides is 2. The molecule has 1 heterocycles. The van der Waals surface area contributed by atoms with Crippen LogP contribution in [0, 0.1) is 6.92 Å². The predicted molar refractivity (Wildman–Crippen MR) is 165 cm³/mol. The molecule has 0 spiro atoms. The van der Waals surface area contributed by atoms with E-state index in [0.717, 1.165) is 59.4 Å². The number of carbonyl (C=O) groups excluding carboxylic acids is 2. The number of benzene rings is 3. The molecule has 1 atom stereocenters. The third-order valence-corrected chi connectivity index (χ3v) is 9.16. The molecule has 1 aliphatic heterocycles. The molecule has 1 saturated carbocycles. The van der Waals surface area contributed by atoms with Crippen molar-refractivity contribution in [1.82, 2.24) is 10.2 Å². The molecule has 3 aromatic carbocycles. The Kier molecular flexibility index (Phi) is 9.55. The summed E-state index contributed by atoms with van der Waals surface area (Å²) >= 11 is 0. The molecule has 0 radical (unpaired) electrons. The smallest absolute Gasteiger partial charge is 0.244 e. The van der Waals surface area contributed by atoms with Gasteiger partial charge in [-0.2, -0.15) is 0 Å². The second kappa shape index (κ2) is 13.5. The minimum atomic E-state index is -3.88. The third-order valence-electron chi connectivity index (χ3n) is 8.02. The first-order chi connectivity index (χ1) is 20.7. The average Bonchev–Trinajstić information content (AvgIpc) is 3.47. The minimum Gasteiger partial charge on any atom is -0.454 e. The van der Waals surface area contributed by atoms with E-state index in [0.29, 0.717) is 17.9 Å². The van der Waals surface area contributed by atoms with Gasteiger partial charge in [-0.1, -0.05) is 79.4 Å². The van der Waals surface area contributed by atoms with Gasteiger partial charge in [-0.25, -0.2) is 8.42 Å². The van der Waals surface area contributed by atoms with Crippen molar-refractivity contribution in [2.75, 3.05) is 23.9 Å². The molecule has 5 rings (SSSR count). The van der Waals surface area contributed by atoms with E-state index >= 15 is 0 Å². The highest BCUT2D eigenvalue weighted by atomic mass is 32.2. The van der Waals surface area contributed by atoms with Gasteiger partial charge in [-0.15, -0.1) is 0 Å². The summed E-state index contributed by atoms with van der Waals surface area (Å²) in [5, 5.41) is 3.22. The molecule has 0 bridgehead atoms. The molecule has 2 amide bonds. The van der Waals surface area contributed by atoms with Gasteiger partial charge < -0.3 is 19.7 Å². The van der Waals surface area contributed by atoms with Crippen molar-refractivity contribution in [3.8, 4) is 11.5 Å². The molecule has 3 aromatic rings. The van der Waals surface area contributed by atoms with Crippen molar-refractivity contribution in [2.45, 2.75) is 64.1 Å². The Balaban J connectivity index is 1.49. The van der Waals surface area contributed by atoms with Crippen LogP contribution in [0.3, 0.4) is 0 Å². The van der Waals surface area contributed by atoms with Gasteiger partial charge in [0.1, 0.15) is 12.6 Å². The van der Waals surface area contributed by atoms with Crippen LogP contribution in [-0.4, -0.2) is 56.8 Å². The second-order valence-electron chi connectivity index (χ2n) is 11.4. The highest BCUT2D eigenvalue weighted by Crippen LogP contribution is 2.36. The maximum absolute atomic E-state index is 14.3. The number of carbonyl (C=O) groups is 2. The number of fused-ring (bicyclic) bond motifs is 1. The van der Waals surface area contributed by atoms with E-state index in [1.54, 1.807) is 18.2 Å². The molecule has 0 saturated heterocycles. The Hall–Kier alpha value is -4.05. The van der Waals surface area contributed by atoms with Crippen LogP contribution < -0.4 is 19.1 Å². The molecule has 0 aromatic heterocycles. The molecule has 1 fully saturated rings. The first kappa shape index (κ1) is 30.4. The lowest BCUT2D eigenvalue weighted by atomic mass is 9.94. The number of aryl methyl sites for hydroxylation is 1. The molecule has 43 heavy (non-hydrogen) atoms. The lowest BCUT2D eigenvalue weighted by molar-refractivity contribution is -0.140. The molecular formula is C33H39N3O6S. The summed E-state index contributed by atoms with van der Waals surface area (Å²) in [7, 11) is -3.88. The van der Waals surface area contributed by atoms with Gasteiger partial charge in [-0.05, 0) is 43.0 Å². The normalized spacial score (nSPS) is 15.5. The molecule has 10 heteroatoms. The van der Waals surface area contributed by atoms with Crippen molar-refractivity contribution in [2.24, 2.45) is 0 Å². The van der Waals surface area contributed by atoms with Crippen molar-refractivity contribution in [1.29, 1.82) is 0 Å². The third kappa shape index (κ3) is 7.87. The highest BCUT2D eigenvalue weighted by Gasteiger charge is 2.34. The van der Waals surface area contributed by atoms with E-state index in [1.807, 2.05) is 61.5 Å². The van der Waals surface area contributed by atoms with Crippen LogP contribution in [-0.2, 0) is 32.6 Å². The first-order valence-corrected chi connectivity index (χ1v) is 16.6. The van der Waals surface area contributed by atoms with Crippen LogP contribution in [0.5, 0.6) is 11.5 Å². The van der Waals surface area contributed by atoms with E-state index in [2.05, 4.69) is 5.32 Å². The maximum atomic E-state index is 14.3. The zero-order valence-corrected chi connectivity index (χ0v) is 25.5. The Morgan fingerprint density at radius 1 is 0.907 bits per heavy atom. The van der Waals surface area contributed by atoms with E-state index in [9.17, 15) is 18.0 Å². The quantitative estimate of drug-likeness (QED) is 0.343. The van der Waals surface area contributed by atoms with Crippen LogP contribution in [0.25, 0.3) is 0 Å². The number of nitrogens with zero attached hydrogens (tertiary/aromatic N) is 2. The van der Waals surface area contributed by atoms with E-state index in [1.165, 1.54) is 4.90 Å². The number of nitrogens with one attached hydrogen (secondary N) is 1. The number of sulfonamides is 1. The largest absolute Gasteiger partial charge is 0.454 e.